The fraction of sp³-hybridized carbons (Fsp3) is 0.143. The number of aryl methyl sites for hydroxylation is 1. The molecule has 2 heterocycles. The van der Waals surface area contributed by atoms with Crippen molar-refractivity contribution < 1.29 is 5.11 Å². The van der Waals surface area contributed by atoms with Crippen molar-refractivity contribution in [3.05, 3.63) is 42.7 Å². The molecule has 4 heteroatoms. The van der Waals surface area contributed by atoms with E-state index in [1.807, 2.05) is 18.2 Å². The SMILES string of the molecule is CCn1c(-c2ccc(O)cc2)nc2cnccc21. The number of hydrogen-bond donors (Lipinski definition) is 1. The van der Waals surface area contributed by atoms with Gasteiger partial charge in [-0.1, -0.05) is 0 Å². The van der Waals surface area contributed by atoms with E-state index in [1.165, 1.54) is 0 Å². The molecule has 18 heavy (non-hydrogen) atoms. The zero-order valence-corrected chi connectivity index (χ0v) is 10.0. The smallest absolute Gasteiger partial charge is 0.141 e. The van der Waals surface area contributed by atoms with Crippen molar-refractivity contribution in [1.82, 2.24) is 14.5 Å². The largest absolute Gasteiger partial charge is 0.508 e. The average molecular weight is 239 g/mol. The van der Waals surface area contributed by atoms with Crippen molar-refractivity contribution in [3.8, 4) is 17.1 Å². The van der Waals surface area contributed by atoms with Gasteiger partial charge in [-0.05, 0) is 37.3 Å². The van der Waals surface area contributed by atoms with Crippen molar-refractivity contribution in [3.63, 3.8) is 0 Å². The maximum absolute atomic E-state index is 9.33. The zero-order valence-electron chi connectivity index (χ0n) is 10.0. The van der Waals surface area contributed by atoms with E-state index in [0.717, 1.165) is 29.0 Å². The highest BCUT2D eigenvalue weighted by Crippen LogP contribution is 2.25. The van der Waals surface area contributed by atoms with Crippen LogP contribution in [0, 0.1) is 0 Å². The second kappa shape index (κ2) is 4.14. The standard InChI is InChI=1S/C14H13N3O/c1-2-17-13-7-8-15-9-12(13)16-14(17)10-3-5-11(18)6-4-10/h3-9,18H,2H2,1H3. The van der Waals surface area contributed by atoms with Crippen LogP contribution in [0.15, 0.2) is 42.7 Å². The summed E-state index contributed by atoms with van der Waals surface area (Å²) in [7, 11) is 0. The number of imidazole rings is 1. The van der Waals surface area contributed by atoms with E-state index in [2.05, 4.69) is 21.5 Å². The van der Waals surface area contributed by atoms with Gasteiger partial charge in [0.2, 0.25) is 0 Å². The number of pyridine rings is 1. The Labute approximate surface area is 105 Å². The summed E-state index contributed by atoms with van der Waals surface area (Å²) < 4.78 is 2.14. The molecule has 0 aliphatic carbocycles. The van der Waals surface area contributed by atoms with Crippen molar-refractivity contribution >= 4 is 11.0 Å². The summed E-state index contributed by atoms with van der Waals surface area (Å²) in [4.78, 5) is 8.70. The molecule has 3 rings (SSSR count). The third-order valence-electron chi connectivity index (χ3n) is 2.99. The molecule has 0 aliphatic heterocycles. The molecule has 90 valence electrons. The first-order chi connectivity index (χ1) is 8.79. The van der Waals surface area contributed by atoms with Crippen LogP contribution >= 0.6 is 0 Å². The minimum atomic E-state index is 0.263. The van der Waals surface area contributed by atoms with Crippen LogP contribution in [0.3, 0.4) is 0 Å². The van der Waals surface area contributed by atoms with Crippen LogP contribution < -0.4 is 0 Å². The predicted molar refractivity (Wildman–Crippen MR) is 70.3 cm³/mol. The third-order valence-corrected chi connectivity index (χ3v) is 2.99. The Hall–Kier alpha value is -2.36. The molecule has 2 aromatic heterocycles. The zero-order chi connectivity index (χ0) is 12.5. The van der Waals surface area contributed by atoms with Crippen LogP contribution in [-0.2, 0) is 6.54 Å². The van der Waals surface area contributed by atoms with E-state index in [1.54, 1.807) is 24.5 Å². The number of fused-ring (bicyclic) bond motifs is 1. The van der Waals surface area contributed by atoms with Gasteiger partial charge in [-0.15, -0.1) is 0 Å². The van der Waals surface area contributed by atoms with Gasteiger partial charge in [0.25, 0.3) is 0 Å². The summed E-state index contributed by atoms with van der Waals surface area (Å²) in [6.45, 7) is 2.93. The Morgan fingerprint density at radius 2 is 1.94 bits per heavy atom. The molecule has 0 saturated carbocycles. The van der Waals surface area contributed by atoms with Crippen LogP contribution in [0.25, 0.3) is 22.4 Å². The molecule has 0 unspecified atom stereocenters. The second-order valence-electron chi connectivity index (χ2n) is 4.09. The number of rotatable bonds is 2. The molecule has 3 aromatic rings. The number of nitrogens with zero attached hydrogens (tertiary/aromatic N) is 3. The van der Waals surface area contributed by atoms with Gasteiger partial charge in [-0.25, -0.2) is 4.98 Å². The summed E-state index contributed by atoms with van der Waals surface area (Å²) in [5, 5.41) is 9.33. The minimum Gasteiger partial charge on any atom is -0.508 e. The van der Waals surface area contributed by atoms with Gasteiger partial charge in [0.15, 0.2) is 0 Å². The summed E-state index contributed by atoms with van der Waals surface area (Å²) in [5.41, 5.74) is 2.96. The highest BCUT2D eigenvalue weighted by Gasteiger charge is 2.10. The van der Waals surface area contributed by atoms with Crippen LogP contribution in [0.5, 0.6) is 5.75 Å². The number of aromatic nitrogens is 3. The Kier molecular flexibility index (Phi) is 2.48. The molecule has 4 nitrogen and oxygen atoms in total. The first-order valence-corrected chi connectivity index (χ1v) is 5.89. The van der Waals surface area contributed by atoms with E-state index in [-0.39, 0.29) is 5.75 Å². The van der Waals surface area contributed by atoms with Gasteiger partial charge in [0, 0.05) is 18.3 Å². The highest BCUT2D eigenvalue weighted by atomic mass is 16.3. The fourth-order valence-corrected chi connectivity index (χ4v) is 2.13. The third kappa shape index (κ3) is 1.62. The maximum atomic E-state index is 9.33. The molecule has 0 radical (unpaired) electrons. The highest BCUT2D eigenvalue weighted by molar-refractivity contribution is 5.79. The van der Waals surface area contributed by atoms with Gasteiger partial charge in [-0.3, -0.25) is 4.98 Å². The lowest BCUT2D eigenvalue weighted by molar-refractivity contribution is 0.475. The van der Waals surface area contributed by atoms with E-state index < -0.39 is 0 Å². The molecule has 1 N–H and O–H groups in total. The first-order valence-electron chi connectivity index (χ1n) is 5.89. The lowest BCUT2D eigenvalue weighted by atomic mass is 10.2. The topological polar surface area (TPSA) is 50.9 Å². The normalized spacial score (nSPS) is 10.9. The summed E-state index contributed by atoms with van der Waals surface area (Å²) >= 11 is 0. The number of phenolic OH excluding ortho intramolecular Hbond substituents is 1. The van der Waals surface area contributed by atoms with Gasteiger partial charge < -0.3 is 9.67 Å². The number of benzene rings is 1. The number of hydrogen-bond acceptors (Lipinski definition) is 3. The van der Waals surface area contributed by atoms with E-state index >= 15 is 0 Å². The monoisotopic (exact) mass is 239 g/mol. The molecule has 0 amide bonds. The Balaban J connectivity index is 2.25. The fourth-order valence-electron chi connectivity index (χ4n) is 2.13. The van der Waals surface area contributed by atoms with Gasteiger partial charge in [-0.2, -0.15) is 0 Å². The molecular formula is C14H13N3O. The molecule has 0 fully saturated rings. The van der Waals surface area contributed by atoms with E-state index in [9.17, 15) is 5.11 Å². The summed E-state index contributed by atoms with van der Waals surface area (Å²) in [5.74, 6) is 1.17. The molecule has 1 aromatic carbocycles. The average Bonchev–Trinajstić information content (AvgIpc) is 2.78. The van der Waals surface area contributed by atoms with Crippen LogP contribution in [-0.4, -0.2) is 19.6 Å². The van der Waals surface area contributed by atoms with Crippen molar-refractivity contribution in [2.75, 3.05) is 0 Å². The van der Waals surface area contributed by atoms with Crippen LogP contribution in [0.2, 0.25) is 0 Å². The van der Waals surface area contributed by atoms with Gasteiger partial charge >= 0.3 is 0 Å². The quantitative estimate of drug-likeness (QED) is 0.748. The Morgan fingerprint density at radius 1 is 1.17 bits per heavy atom. The Bertz CT molecular complexity index is 686. The molecule has 0 atom stereocenters. The van der Waals surface area contributed by atoms with E-state index in [4.69, 9.17) is 0 Å². The second-order valence-corrected chi connectivity index (χ2v) is 4.09. The lowest BCUT2D eigenvalue weighted by Crippen LogP contribution is -1.97. The van der Waals surface area contributed by atoms with Crippen LogP contribution in [0.4, 0.5) is 0 Å². The first kappa shape index (κ1) is 10.8. The predicted octanol–water partition coefficient (Wildman–Crippen LogP) is 2.82. The minimum absolute atomic E-state index is 0.263. The number of aromatic hydroxyl groups is 1. The van der Waals surface area contributed by atoms with Gasteiger partial charge in [0.05, 0.1) is 11.7 Å². The van der Waals surface area contributed by atoms with Crippen LogP contribution in [0.1, 0.15) is 6.92 Å². The Morgan fingerprint density at radius 3 is 2.67 bits per heavy atom. The molecule has 0 saturated heterocycles. The van der Waals surface area contributed by atoms with Crippen molar-refractivity contribution in [2.24, 2.45) is 0 Å². The summed E-state index contributed by atoms with van der Waals surface area (Å²) in [6.07, 6.45) is 3.54. The number of phenols is 1. The molecule has 0 spiro atoms. The lowest BCUT2D eigenvalue weighted by Gasteiger charge is -2.05. The molecule has 0 bridgehead atoms. The van der Waals surface area contributed by atoms with Crippen molar-refractivity contribution in [1.29, 1.82) is 0 Å². The maximum Gasteiger partial charge on any atom is 0.141 e. The van der Waals surface area contributed by atoms with E-state index in [0.29, 0.717) is 0 Å². The molecular weight excluding hydrogens is 226 g/mol. The summed E-state index contributed by atoms with van der Waals surface area (Å²) in [6, 6.07) is 9.06. The van der Waals surface area contributed by atoms with Gasteiger partial charge in [0.1, 0.15) is 17.1 Å². The molecule has 0 aliphatic rings. The van der Waals surface area contributed by atoms with Crippen molar-refractivity contribution in [2.45, 2.75) is 13.5 Å².